The lowest BCUT2D eigenvalue weighted by Crippen LogP contribution is -2.44. The minimum atomic E-state index is -0.804. The molecule has 1 amide bonds. The average molecular weight is 667 g/mol. The Kier molecular flexibility index (Phi) is 10.2. The van der Waals surface area contributed by atoms with Crippen LogP contribution in [0.2, 0.25) is 0 Å². The van der Waals surface area contributed by atoms with Crippen LogP contribution < -0.4 is 5.32 Å². The molecular formula is C38H38N2O9. The number of carbonyl (C=O) groups is 3. The van der Waals surface area contributed by atoms with Gasteiger partial charge in [-0.25, -0.2) is 9.59 Å². The van der Waals surface area contributed by atoms with E-state index in [1.54, 1.807) is 24.3 Å². The normalized spacial score (nSPS) is 20.9. The molecule has 254 valence electrons. The van der Waals surface area contributed by atoms with Gasteiger partial charge in [-0.3, -0.25) is 4.79 Å². The van der Waals surface area contributed by atoms with Gasteiger partial charge in [0.05, 0.1) is 36.0 Å². The Hall–Kier alpha value is -4.91. The second kappa shape index (κ2) is 14.7. The fraction of sp³-hybridized carbons (Fsp3) is 0.289. The van der Waals surface area contributed by atoms with E-state index in [0.29, 0.717) is 18.7 Å². The van der Waals surface area contributed by atoms with E-state index in [-0.39, 0.29) is 53.7 Å². The number of ether oxygens (including phenoxy) is 3. The van der Waals surface area contributed by atoms with Crippen LogP contribution in [0, 0.1) is 5.92 Å². The number of aliphatic hydroxyl groups is 2. The lowest BCUT2D eigenvalue weighted by molar-refractivity contribution is -0.276. The Labute approximate surface area is 283 Å². The molecule has 0 radical (unpaired) electrons. The van der Waals surface area contributed by atoms with E-state index in [1.807, 2.05) is 60.5 Å². The van der Waals surface area contributed by atoms with E-state index >= 15 is 0 Å². The van der Waals surface area contributed by atoms with Crippen LogP contribution in [0.4, 0.5) is 0 Å². The van der Waals surface area contributed by atoms with E-state index < -0.39 is 30.2 Å². The van der Waals surface area contributed by atoms with Crippen LogP contribution in [0.25, 0.3) is 0 Å². The predicted molar refractivity (Wildman–Crippen MR) is 177 cm³/mol. The van der Waals surface area contributed by atoms with Crippen LogP contribution in [0.5, 0.6) is 5.75 Å². The maximum Gasteiger partial charge on any atom is 0.346 e. The van der Waals surface area contributed by atoms with Crippen molar-refractivity contribution in [2.75, 3.05) is 20.1 Å². The van der Waals surface area contributed by atoms with Gasteiger partial charge < -0.3 is 39.7 Å². The van der Waals surface area contributed by atoms with E-state index in [4.69, 9.17) is 9.47 Å². The number of phenols is 1. The van der Waals surface area contributed by atoms with Crippen LogP contribution in [0.3, 0.4) is 0 Å². The summed E-state index contributed by atoms with van der Waals surface area (Å²) < 4.78 is 17.7. The number of likely N-dealkylation sites (N-methyl/N-ethyl adjacent to an activating group) is 1. The van der Waals surface area contributed by atoms with Crippen molar-refractivity contribution in [1.82, 2.24) is 10.2 Å². The van der Waals surface area contributed by atoms with E-state index in [9.17, 15) is 29.7 Å². The molecule has 4 N–H and O–H groups in total. The fourth-order valence-corrected chi connectivity index (χ4v) is 6.15. The van der Waals surface area contributed by atoms with Gasteiger partial charge in [-0.05, 0) is 59.6 Å². The van der Waals surface area contributed by atoms with Crippen molar-refractivity contribution in [3.8, 4) is 5.75 Å². The highest BCUT2D eigenvalue weighted by Gasteiger charge is 2.39. The molecule has 4 aromatic rings. The number of hydrogen-bond donors (Lipinski definition) is 4. The number of aliphatic hydroxyl groups excluding tert-OH is 2. The van der Waals surface area contributed by atoms with Gasteiger partial charge in [0.25, 0.3) is 5.91 Å². The van der Waals surface area contributed by atoms with Gasteiger partial charge in [0.2, 0.25) is 0 Å². The first kappa shape index (κ1) is 34.0. The molecule has 0 spiro atoms. The highest BCUT2D eigenvalue weighted by Crippen LogP contribution is 2.42. The predicted octanol–water partition coefficient (Wildman–Crippen LogP) is 4.58. The van der Waals surface area contributed by atoms with Crippen molar-refractivity contribution in [3.63, 3.8) is 0 Å². The second-order valence-corrected chi connectivity index (χ2v) is 12.5. The first-order valence-electron chi connectivity index (χ1n) is 16.0. The molecule has 1 unspecified atom stereocenters. The summed E-state index contributed by atoms with van der Waals surface area (Å²) in [6.07, 6.45) is -2.10. The molecule has 49 heavy (non-hydrogen) atoms. The van der Waals surface area contributed by atoms with Crippen molar-refractivity contribution >= 4 is 17.8 Å². The molecule has 11 heteroatoms. The number of amides is 1. The monoisotopic (exact) mass is 666 g/mol. The minimum Gasteiger partial charge on any atom is -0.508 e. The molecule has 0 aliphatic carbocycles. The minimum absolute atomic E-state index is 0.0577. The van der Waals surface area contributed by atoms with Crippen molar-refractivity contribution in [2.24, 2.45) is 5.92 Å². The Morgan fingerprint density at radius 3 is 2.29 bits per heavy atom. The van der Waals surface area contributed by atoms with Gasteiger partial charge in [0.15, 0.2) is 6.29 Å². The highest BCUT2D eigenvalue weighted by molar-refractivity contribution is 6.15. The van der Waals surface area contributed by atoms with Gasteiger partial charge in [0, 0.05) is 36.7 Å². The number of nitrogens with zero attached hydrogens (tertiary/aromatic N) is 1. The van der Waals surface area contributed by atoms with Crippen LogP contribution in [0.15, 0.2) is 91.0 Å². The molecule has 4 aromatic carbocycles. The Balaban J connectivity index is 1.14. The molecule has 2 heterocycles. The SMILES string of the molecule is C[C@H]1[C@@H](CN(C)C[C@@H](O)c2cccc(O)c2)OC(c2ccc(CNC(=O)c3ccc4c(c3)C(=O)OC4=O)cc2)O[C@H]1c1ccc(CO)cc1. The van der Waals surface area contributed by atoms with Crippen LogP contribution in [0.1, 0.15) is 84.3 Å². The van der Waals surface area contributed by atoms with Crippen molar-refractivity contribution in [1.29, 1.82) is 0 Å². The number of nitrogens with one attached hydrogen (secondary N) is 1. The Morgan fingerprint density at radius 1 is 0.878 bits per heavy atom. The topological polar surface area (TPSA) is 155 Å². The number of rotatable bonds is 11. The molecule has 11 nitrogen and oxygen atoms in total. The van der Waals surface area contributed by atoms with Gasteiger partial charge in [0.1, 0.15) is 5.75 Å². The number of fused-ring (bicyclic) bond motifs is 1. The van der Waals surface area contributed by atoms with Crippen molar-refractivity contribution in [2.45, 2.75) is 44.7 Å². The molecule has 0 bridgehead atoms. The van der Waals surface area contributed by atoms with E-state index in [0.717, 1.165) is 22.3 Å². The summed E-state index contributed by atoms with van der Waals surface area (Å²) in [4.78, 5) is 38.4. The van der Waals surface area contributed by atoms with Crippen LogP contribution >= 0.6 is 0 Å². The molecule has 1 saturated heterocycles. The molecule has 6 rings (SSSR count). The Bertz CT molecular complexity index is 1830. The summed E-state index contributed by atoms with van der Waals surface area (Å²) in [5, 5.41) is 33.1. The third kappa shape index (κ3) is 7.72. The zero-order valence-corrected chi connectivity index (χ0v) is 27.1. The van der Waals surface area contributed by atoms with Gasteiger partial charge in [-0.15, -0.1) is 0 Å². The van der Waals surface area contributed by atoms with Crippen molar-refractivity contribution < 1.29 is 43.9 Å². The van der Waals surface area contributed by atoms with E-state index in [2.05, 4.69) is 17.0 Å². The largest absolute Gasteiger partial charge is 0.508 e. The summed E-state index contributed by atoms with van der Waals surface area (Å²) in [5.74, 6) is -1.86. The lowest BCUT2D eigenvalue weighted by Gasteiger charge is -2.42. The first-order valence-corrected chi connectivity index (χ1v) is 16.0. The number of benzene rings is 4. The maximum atomic E-state index is 12.8. The zero-order chi connectivity index (χ0) is 34.7. The standard InChI is InChI=1S/C38H38N2O9/c1-22-33(20-40(2)19-32(43)27-4-3-5-29(42)16-27)47-38(48-34(22)25-10-8-24(21-41)9-11-25)26-12-6-23(7-13-26)18-39-35(44)28-14-15-30-31(17-28)37(46)49-36(30)45/h3-17,22,32-34,38,41-43H,18-21H2,1-2H3,(H,39,44)/t22-,32+,33+,34+,38?/m0/s1. The third-order valence-corrected chi connectivity index (χ3v) is 8.97. The summed E-state index contributed by atoms with van der Waals surface area (Å²) in [6.45, 7) is 3.06. The first-order chi connectivity index (χ1) is 23.6. The van der Waals surface area contributed by atoms with Crippen LogP contribution in [-0.2, 0) is 27.4 Å². The molecule has 2 aliphatic heterocycles. The fourth-order valence-electron chi connectivity index (χ4n) is 6.15. The summed E-state index contributed by atoms with van der Waals surface area (Å²) in [7, 11) is 1.91. The number of phenolic OH excluding ortho intramolecular Hbond substituents is 1. The molecule has 1 fully saturated rings. The summed E-state index contributed by atoms with van der Waals surface area (Å²) >= 11 is 0. The number of hydrogen-bond acceptors (Lipinski definition) is 10. The molecule has 0 saturated carbocycles. The average Bonchev–Trinajstić information content (AvgIpc) is 3.40. The molecule has 0 aromatic heterocycles. The smallest absolute Gasteiger partial charge is 0.346 e. The number of aromatic hydroxyl groups is 1. The van der Waals surface area contributed by atoms with Crippen molar-refractivity contribution in [3.05, 3.63) is 136 Å². The lowest BCUT2D eigenvalue weighted by atomic mass is 9.90. The molecule has 2 aliphatic rings. The number of esters is 2. The van der Waals surface area contributed by atoms with E-state index in [1.165, 1.54) is 18.2 Å². The van der Waals surface area contributed by atoms with Gasteiger partial charge in [-0.1, -0.05) is 67.6 Å². The summed E-state index contributed by atoms with van der Waals surface area (Å²) in [6, 6.07) is 26.0. The van der Waals surface area contributed by atoms with Crippen LogP contribution in [-0.4, -0.2) is 64.3 Å². The quantitative estimate of drug-likeness (QED) is 0.132. The molecule has 5 atom stereocenters. The third-order valence-electron chi connectivity index (χ3n) is 8.97. The van der Waals surface area contributed by atoms with Gasteiger partial charge in [-0.2, -0.15) is 0 Å². The second-order valence-electron chi connectivity index (χ2n) is 12.5. The summed E-state index contributed by atoms with van der Waals surface area (Å²) in [5.41, 5.74) is 4.44. The zero-order valence-electron chi connectivity index (χ0n) is 27.1. The Morgan fingerprint density at radius 2 is 1.57 bits per heavy atom. The maximum absolute atomic E-state index is 12.8. The number of carbonyl (C=O) groups excluding carboxylic acids is 3. The molecular weight excluding hydrogens is 628 g/mol. The highest BCUT2D eigenvalue weighted by atomic mass is 16.7. The number of cyclic esters (lactones) is 2. The van der Waals surface area contributed by atoms with Gasteiger partial charge >= 0.3 is 11.9 Å².